The molecule has 3 heteroatoms. The van der Waals surface area contributed by atoms with Crippen molar-refractivity contribution in [2.45, 2.75) is 122 Å². The zero-order valence-corrected chi connectivity index (χ0v) is 16.3. The molecule has 0 aliphatic heterocycles. The molecule has 3 nitrogen and oxygen atoms in total. The third-order valence-corrected chi connectivity index (χ3v) is 6.66. The van der Waals surface area contributed by atoms with Crippen molar-refractivity contribution >= 4 is 5.97 Å². The molecule has 2 rings (SSSR count). The monoisotopic (exact) mass is 337 g/mol. The van der Waals surface area contributed by atoms with Crippen LogP contribution in [0.15, 0.2) is 0 Å². The van der Waals surface area contributed by atoms with Gasteiger partial charge in [-0.3, -0.25) is 9.69 Å². The van der Waals surface area contributed by atoms with Crippen molar-refractivity contribution in [2.24, 2.45) is 0 Å². The Morgan fingerprint density at radius 1 is 0.833 bits per heavy atom. The molecule has 0 saturated heterocycles. The van der Waals surface area contributed by atoms with Crippen molar-refractivity contribution < 1.29 is 9.53 Å². The number of esters is 1. The standard InChI is InChI=1S/C21H39NO2/c1-4-21(5-2,6-3)24-20(23)17-22(18-13-9-7-10-14-18)19-15-11-8-12-16-19/h18-19H,4-17H2,1-3H3. The molecular formula is C21H39NO2. The second-order valence-corrected chi connectivity index (χ2v) is 7.97. The van der Waals surface area contributed by atoms with E-state index in [2.05, 4.69) is 25.7 Å². The highest BCUT2D eigenvalue weighted by molar-refractivity contribution is 5.72. The summed E-state index contributed by atoms with van der Waals surface area (Å²) in [6.07, 6.45) is 15.8. The smallest absolute Gasteiger partial charge is 0.320 e. The molecule has 2 saturated carbocycles. The maximum atomic E-state index is 12.8. The van der Waals surface area contributed by atoms with E-state index in [1.807, 2.05) is 0 Å². The molecule has 0 bridgehead atoms. The predicted octanol–water partition coefficient (Wildman–Crippen LogP) is 5.47. The van der Waals surface area contributed by atoms with E-state index in [1.165, 1.54) is 64.2 Å². The molecule has 140 valence electrons. The first-order valence-corrected chi connectivity index (χ1v) is 10.6. The van der Waals surface area contributed by atoms with Crippen LogP contribution < -0.4 is 0 Å². The number of carbonyl (C=O) groups is 1. The Hall–Kier alpha value is -0.570. The Morgan fingerprint density at radius 3 is 1.62 bits per heavy atom. The third kappa shape index (κ3) is 5.21. The fourth-order valence-electron chi connectivity index (χ4n) is 4.77. The summed E-state index contributed by atoms with van der Waals surface area (Å²) in [5, 5.41) is 0. The number of rotatable bonds is 8. The number of nitrogens with zero attached hydrogens (tertiary/aromatic N) is 1. The van der Waals surface area contributed by atoms with Gasteiger partial charge in [-0.15, -0.1) is 0 Å². The first-order valence-electron chi connectivity index (χ1n) is 10.6. The summed E-state index contributed by atoms with van der Waals surface area (Å²) in [6, 6.07) is 1.21. The topological polar surface area (TPSA) is 29.5 Å². The van der Waals surface area contributed by atoms with Crippen LogP contribution in [0.4, 0.5) is 0 Å². The van der Waals surface area contributed by atoms with Crippen molar-refractivity contribution in [1.82, 2.24) is 4.90 Å². The quantitative estimate of drug-likeness (QED) is 0.550. The molecule has 24 heavy (non-hydrogen) atoms. The van der Waals surface area contributed by atoms with Crippen molar-refractivity contribution in [3.05, 3.63) is 0 Å². The normalized spacial score (nSPS) is 21.2. The highest BCUT2D eigenvalue weighted by Gasteiger charge is 2.33. The van der Waals surface area contributed by atoms with E-state index in [-0.39, 0.29) is 11.6 Å². The van der Waals surface area contributed by atoms with Crippen LogP contribution in [0, 0.1) is 0 Å². The molecule has 0 aromatic carbocycles. The van der Waals surface area contributed by atoms with E-state index in [0.717, 1.165) is 19.3 Å². The van der Waals surface area contributed by atoms with Crippen LogP contribution in [0.3, 0.4) is 0 Å². The van der Waals surface area contributed by atoms with Gasteiger partial charge in [-0.2, -0.15) is 0 Å². The molecule has 0 aromatic rings. The summed E-state index contributed by atoms with van der Waals surface area (Å²) >= 11 is 0. The lowest BCUT2D eigenvalue weighted by molar-refractivity contribution is -0.164. The van der Waals surface area contributed by atoms with Crippen LogP contribution in [0.5, 0.6) is 0 Å². The molecule has 0 spiro atoms. The minimum absolute atomic E-state index is 0.0108. The molecule has 0 radical (unpaired) electrons. The van der Waals surface area contributed by atoms with Gasteiger partial charge in [0.05, 0.1) is 6.54 Å². The fourth-order valence-corrected chi connectivity index (χ4v) is 4.77. The molecule has 0 atom stereocenters. The SMILES string of the molecule is CCC(CC)(CC)OC(=O)CN(C1CCCCC1)C1CCCCC1. The predicted molar refractivity (Wildman–Crippen MR) is 100 cm³/mol. The Balaban J connectivity index is 2.01. The number of hydrogen-bond donors (Lipinski definition) is 0. The van der Waals surface area contributed by atoms with Gasteiger partial charge in [0.1, 0.15) is 5.60 Å². The molecule has 0 aromatic heterocycles. The van der Waals surface area contributed by atoms with E-state index in [9.17, 15) is 4.79 Å². The Labute approximate surface area is 149 Å². The molecule has 0 amide bonds. The number of ether oxygens (including phenoxy) is 1. The van der Waals surface area contributed by atoms with Gasteiger partial charge in [-0.1, -0.05) is 59.3 Å². The van der Waals surface area contributed by atoms with E-state index < -0.39 is 0 Å². The Bertz CT molecular complexity index is 340. The lowest BCUT2D eigenvalue weighted by Gasteiger charge is -2.41. The molecule has 2 aliphatic rings. The summed E-state index contributed by atoms with van der Waals surface area (Å²) in [5.74, 6) is 0.0108. The largest absolute Gasteiger partial charge is 0.458 e. The summed E-state index contributed by atoms with van der Waals surface area (Å²) in [5.41, 5.74) is -0.248. The fraction of sp³-hybridized carbons (Fsp3) is 0.952. The van der Waals surface area contributed by atoms with Crippen molar-refractivity contribution in [3.63, 3.8) is 0 Å². The van der Waals surface area contributed by atoms with Gasteiger partial charge in [0.25, 0.3) is 0 Å². The lowest BCUT2D eigenvalue weighted by atomic mass is 9.88. The minimum atomic E-state index is -0.248. The van der Waals surface area contributed by atoms with Gasteiger partial charge in [-0.25, -0.2) is 0 Å². The highest BCUT2D eigenvalue weighted by atomic mass is 16.6. The van der Waals surface area contributed by atoms with Crippen LogP contribution in [0.2, 0.25) is 0 Å². The second-order valence-electron chi connectivity index (χ2n) is 7.97. The average molecular weight is 338 g/mol. The average Bonchev–Trinajstić information content (AvgIpc) is 2.66. The summed E-state index contributed by atoms with van der Waals surface area (Å²) < 4.78 is 6.02. The Kier molecular flexibility index (Phi) is 8.06. The van der Waals surface area contributed by atoms with Crippen LogP contribution in [-0.2, 0) is 9.53 Å². The van der Waals surface area contributed by atoms with Gasteiger partial charge in [0.2, 0.25) is 0 Å². The zero-order chi connectivity index (χ0) is 17.4. The first-order chi connectivity index (χ1) is 11.6. The maximum Gasteiger partial charge on any atom is 0.320 e. The molecule has 0 unspecified atom stereocenters. The first kappa shape index (κ1) is 19.8. The van der Waals surface area contributed by atoms with Crippen LogP contribution in [-0.4, -0.2) is 35.1 Å². The Morgan fingerprint density at radius 2 is 1.25 bits per heavy atom. The molecule has 0 N–H and O–H groups in total. The molecule has 2 fully saturated rings. The lowest BCUT2D eigenvalue weighted by Crippen LogP contribution is -2.49. The molecule has 2 aliphatic carbocycles. The van der Waals surface area contributed by atoms with Crippen molar-refractivity contribution in [2.75, 3.05) is 6.54 Å². The van der Waals surface area contributed by atoms with Gasteiger partial charge in [-0.05, 0) is 44.9 Å². The second kappa shape index (κ2) is 9.79. The van der Waals surface area contributed by atoms with E-state index >= 15 is 0 Å². The number of hydrogen-bond acceptors (Lipinski definition) is 3. The van der Waals surface area contributed by atoms with E-state index in [1.54, 1.807) is 0 Å². The molecule has 0 heterocycles. The van der Waals surface area contributed by atoms with Gasteiger partial charge < -0.3 is 4.74 Å². The van der Waals surface area contributed by atoms with E-state index in [0.29, 0.717) is 18.6 Å². The summed E-state index contributed by atoms with van der Waals surface area (Å²) in [7, 11) is 0. The van der Waals surface area contributed by atoms with Gasteiger partial charge in [0, 0.05) is 12.1 Å². The van der Waals surface area contributed by atoms with Crippen LogP contribution in [0.1, 0.15) is 104 Å². The van der Waals surface area contributed by atoms with Crippen LogP contribution >= 0.6 is 0 Å². The minimum Gasteiger partial charge on any atom is -0.458 e. The van der Waals surface area contributed by atoms with Crippen molar-refractivity contribution in [3.8, 4) is 0 Å². The van der Waals surface area contributed by atoms with E-state index in [4.69, 9.17) is 4.74 Å². The molecular weight excluding hydrogens is 298 g/mol. The van der Waals surface area contributed by atoms with Gasteiger partial charge >= 0.3 is 5.97 Å². The summed E-state index contributed by atoms with van der Waals surface area (Å²) in [4.78, 5) is 15.3. The van der Waals surface area contributed by atoms with Crippen molar-refractivity contribution in [1.29, 1.82) is 0 Å². The third-order valence-electron chi connectivity index (χ3n) is 6.66. The maximum absolute atomic E-state index is 12.8. The number of carbonyl (C=O) groups excluding carboxylic acids is 1. The highest BCUT2D eigenvalue weighted by Crippen LogP contribution is 2.31. The zero-order valence-electron chi connectivity index (χ0n) is 16.3. The van der Waals surface area contributed by atoms with Crippen LogP contribution in [0.25, 0.3) is 0 Å². The van der Waals surface area contributed by atoms with Gasteiger partial charge in [0.15, 0.2) is 0 Å². The summed E-state index contributed by atoms with van der Waals surface area (Å²) in [6.45, 7) is 6.93.